The van der Waals surface area contributed by atoms with Gasteiger partial charge in [0.05, 0.1) is 6.04 Å². The van der Waals surface area contributed by atoms with E-state index in [4.69, 9.17) is 5.73 Å². The van der Waals surface area contributed by atoms with Crippen LogP contribution in [0.25, 0.3) is 0 Å². The van der Waals surface area contributed by atoms with Gasteiger partial charge in [-0.2, -0.15) is 0 Å². The van der Waals surface area contributed by atoms with Crippen LogP contribution < -0.4 is 5.73 Å². The van der Waals surface area contributed by atoms with Crippen molar-refractivity contribution < 1.29 is 8.78 Å². The van der Waals surface area contributed by atoms with Crippen molar-refractivity contribution in [2.45, 2.75) is 13.0 Å². The molecule has 0 aliphatic heterocycles. The van der Waals surface area contributed by atoms with Gasteiger partial charge in [-0.25, -0.2) is 8.78 Å². The van der Waals surface area contributed by atoms with E-state index in [2.05, 4.69) is 0 Å². The molecule has 0 radical (unpaired) electrons. The van der Waals surface area contributed by atoms with Gasteiger partial charge in [0, 0.05) is 0 Å². The molecule has 0 saturated carbocycles. The van der Waals surface area contributed by atoms with E-state index in [0.717, 1.165) is 0 Å². The van der Waals surface area contributed by atoms with E-state index in [0.29, 0.717) is 11.1 Å². The molecule has 0 aliphatic carbocycles. The van der Waals surface area contributed by atoms with Gasteiger partial charge in [-0.3, -0.25) is 0 Å². The van der Waals surface area contributed by atoms with Gasteiger partial charge in [0.1, 0.15) is 12.5 Å². The number of hydrogen-bond donors (Lipinski definition) is 1. The molecule has 0 aromatic heterocycles. The van der Waals surface area contributed by atoms with E-state index in [1.165, 1.54) is 12.1 Å². The molecule has 2 N–H and O–H groups in total. The fraction of sp³-hybridized carbons (Fsp3) is 0.333. The van der Waals surface area contributed by atoms with Gasteiger partial charge in [-0.15, -0.1) is 0 Å². The lowest BCUT2D eigenvalue weighted by atomic mass is 10.0. The molecule has 1 rings (SSSR count). The van der Waals surface area contributed by atoms with Crippen molar-refractivity contribution in [2.75, 3.05) is 6.67 Å². The van der Waals surface area contributed by atoms with Gasteiger partial charge >= 0.3 is 0 Å². The molecular weight excluding hydrogens is 160 g/mol. The summed E-state index contributed by atoms with van der Waals surface area (Å²) in [5.74, 6) is -0.337. The molecule has 1 aromatic rings. The van der Waals surface area contributed by atoms with Crippen molar-refractivity contribution in [1.82, 2.24) is 0 Å². The summed E-state index contributed by atoms with van der Waals surface area (Å²) in [4.78, 5) is 0. The maximum atomic E-state index is 12.9. The Hall–Kier alpha value is -0.960. The molecule has 0 saturated heterocycles. The zero-order chi connectivity index (χ0) is 9.14. The topological polar surface area (TPSA) is 26.0 Å². The third kappa shape index (κ3) is 1.61. The van der Waals surface area contributed by atoms with Crippen LogP contribution >= 0.6 is 0 Å². The molecule has 0 aliphatic rings. The Balaban J connectivity index is 3.07. The lowest BCUT2D eigenvalue weighted by Crippen LogP contribution is -2.14. The third-order valence-corrected chi connectivity index (χ3v) is 1.88. The standard InChI is InChI=1S/C9H11F2N/c1-6-7(9(12)5-10)3-2-4-8(6)11/h2-4,9H,5,12H2,1H3/t9-/m1/s1. The second-order valence-electron chi connectivity index (χ2n) is 2.71. The Morgan fingerprint density at radius 3 is 2.75 bits per heavy atom. The minimum Gasteiger partial charge on any atom is -0.322 e. The van der Waals surface area contributed by atoms with Crippen LogP contribution in [-0.4, -0.2) is 6.67 Å². The number of halogens is 2. The maximum absolute atomic E-state index is 12.9. The molecule has 3 heteroatoms. The van der Waals surface area contributed by atoms with E-state index in [1.54, 1.807) is 13.0 Å². The normalized spacial score (nSPS) is 13.0. The monoisotopic (exact) mass is 171 g/mol. The van der Waals surface area contributed by atoms with Crippen molar-refractivity contribution in [3.8, 4) is 0 Å². The lowest BCUT2D eigenvalue weighted by molar-refractivity contribution is 0.434. The van der Waals surface area contributed by atoms with E-state index in [-0.39, 0.29) is 5.82 Å². The molecule has 1 atom stereocenters. The summed E-state index contributed by atoms with van der Waals surface area (Å²) < 4.78 is 25.0. The average Bonchev–Trinajstić information content (AvgIpc) is 2.08. The van der Waals surface area contributed by atoms with Gasteiger partial charge in [0.2, 0.25) is 0 Å². The summed E-state index contributed by atoms with van der Waals surface area (Å²) in [6.07, 6.45) is 0. The summed E-state index contributed by atoms with van der Waals surface area (Å²) in [5, 5.41) is 0. The van der Waals surface area contributed by atoms with Crippen LogP contribution in [-0.2, 0) is 0 Å². The highest BCUT2D eigenvalue weighted by atomic mass is 19.1. The van der Waals surface area contributed by atoms with Crippen molar-refractivity contribution in [3.63, 3.8) is 0 Å². The fourth-order valence-electron chi connectivity index (χ4n) is 1.11. The first-order chi connectivity index (χ1) is 5.66. The Labute approximate surface area is 70.2 Å². The molecule has 0 spiro atoms. The van der Waals surface area contributed by atoms with Gasteiger partial charge in [0.25, 0.3) is 0 Å². The van der Waals surface area contributed by atoms with E-state index in [1.807, 2.05) is 0 Å². The maximum Gasteiger partial charge on any atom is 0.126 e. The minimum atomic E-state index is -0.708. The quantitative estimate of drug-likeness (QED) is 0.724. The molecule has 12 heavy (non-hydrogen) atoms. The Bertz CT molecular complexity index is 273. The van der Waals surface area contributed by atoms with Crippen LogP contribution in [0.1, 0.15) is 17.2 Å². The predicted octanol–water partition coefficient (Wildman–Crippen LogP) is 2.10. The second-order valence-corrected chi connectivity index (χ2v) is 2.71. The van der Waals surface area contributed by atoms with Crippen molar-refractivity contribution in [2.24, 2.45) is 5.73 Å². The average molecular weight is 171 g/mol. The smallest absolute Gasteiger partial charge is 0.126 e. The van der Waals surface area contributed by atoms with Crippen LogP contribution in [0.5, 0.6) is 0 Å². The van der Waals surface area contributed by atoms with Gasteiger partial charge in [-0.1, -0.05) is 12.1 Å². The van der Waals surface area contributed by atoms with Gasteiger partial charge in [-0.05, 0) is 24.1 Å². The molecule has 0 unspecified atom stereocenters. The Morgan fingerprint density at radius 2 is 2.17 bits per heavy atom. The third-order valence-electron chi connectivity index (χ3n) is 1.88. The highest BCUT2D eigenvalue weighted by molar-refractivity contribution is 5.29. The first-order valence-corrected chi connectivity index (χ1v) is 3.73. The van der Waals surface area contributed by atoms with Gasteiger partial charge < -0.3 is 5.73 Å². The lowest BCUT2D eigenvalue weighted by Gasteiger charge is -2.10. The minimum absolute atomic E-state index is 0.337. The number of benzene rings is 1. The SMILES string of the molecule is Cc1c(F)cccc1[C@H](N)CF. The molecule has 1 nitrogen and oxygen atoms in total. The summed E-state index contributed by atoms with van der Waals surface area (Å²) in [7, 11) is 0. The predicted molar refractivity (Wildman–Crippen MR) is 44.0 cm³/mol. The number of rotatable bonds is 2. The van der Waals surface area contributed by atoms with Crippen LogP contribution in [0.4, 0.5) is 8.78 Å². The molecule has 0 heterocycles. The number of alkyl halides is 1. The number of nitrogens with two attached hydrogens (primary N) is 1. The molecule has 66 valence electrons. The van der Waals surface area contributed by atoms with Crippen molar-refractivity contribution in [3.05, 3.63) is 35.1 Å². The Kier molecular flexibility index (Phi) is 2.76. The van der Waals surface area contributed by atoms with E-state index < -0.39 is 12.7 Å². The van der Waals surface area contributed by atoms with Crippen LogP contribution in [0, 0.1) is 12.7 Å². The first-order valence-electron chi connectivity index (χ1n) is 3.73. The zero-order valence-electron chi connectivity index (χ0n) is 6.85. The first kappa shape index (κ1) is 9.13. The van der Waals surface area contributed by atoms with Crippen molar-refractivity contribution >= 4 is 0 Å². The highest BCUT2D eigenvalue weighted by Gasteiger charge is 2.10. The van der Waals surface area contributed by atoms with E-state index in [9.17, 15) is 8.78 Å². The van der Waals surface area contributed by atoms with Gasteiger partial charge in [0.15, 0.2) is 0 Å². The van der Waals surface area contributed by atoms with Crippen LogP contribution in [0.3, 0.4) is 0 Å². The second kappa shape index (κ2) is 3.63. The molecule has 0 fully saturated rings. The molecular formula is C9H11F2N. The highest BCUT2D eigenvalue weighted by Crippen LogP contribution is 2.18. The summed E-state index contributed by atoms with van der Waals surface area (Å²) in [6.45, 7) is 0.935. The largest absolute Gasteiger partial charge is 0.322 e. The zero-order valence-corrected chi connectivity index (χ0v) is 6.85. The molecule has 0 amide bonds. The van der Waals surface area contributed by atoms with Crippen LogP contribution in [0.2, 0.25) is 0 Å². The number of hydrogen-bond acceptors (Lipinski definition) is 1. The summed E-state index contributed by atoms with van der Waals surface area (Å²) in [5.41, 5.74) is 6.39. The van der Waals surface area contributed by atoms with Crippen molar-refractivity contribution in [1.29, 1.82) is 0 Å². The molecule has 0 bridgehead atoms. The fourth-order valence-corrected chi connectivity index (χ4v) is 1.11. The summed E-state index contributed by atoms with van der Waals surface area (Å²) in [6, 6.07) is 3.81. The summed E-state index contributed by atoms with van der Waals surface area (Å²) >= 11 is 0. The molecule has 1 aromatic carbocycles. The Morgan fingerprint density at radius 1 is 1.50 bits per heavy atom. The van der Waals surface area contributed by atoms with E-state index >= 15 is 0 Å². The van der Waals surface area contributed by atoms with Crippen LogP contribution in [0.15, 0.2) is 18.2 Å².